The Hall–Kier alpha value is -1.49. The van der Waals surface area contributed by atoms with E-state index in [1.807, 2.05) is 54.6 Å². The Bertz CT molecular complexity index is 767. The number of carbonyl (C=O) groups excluding carboxylic acids is 1. The summed E-state index contributed by atoms with van der Waals surface area (Å²) in [7, 11) is 0. The van der Waals surface area contributed by atoms with Gasteiger partial charge in [-0.2, -0.15) is 0 Å². The Morgan fingerprint density at radius 2 is 1.71 bits per heavy atom. The third-order valence-corrected chi connectivity index (χ3v) is 6.08. The summed E-state index contributed by atoms with van der Waals surface area (Å²) in [5.41, 5.74) is 1.59. The maximum Gasteiger partial charge on any atom is 0.200 e. The molecule has 2 nitrogen and oxygen atoms in total. The highest BCUT2D eigenvalue weighted by atomic mass is 32.2. The fourth-order valence-corrected chi connectivity index (χ4v) is 5.03. The number of benzene rings is 2. The van der Waals surface area contributed by atoms with Gasteiger partial charge in [-0.3, -0.25) is 4.79 Å². The number of carbonyl (C=O) groups is 1. The molecule has 0 fully saturated rings. The maximum absolute atomic E-state index is 12.5. The fourth-order valence-electron chi connectivity index (χ4n) is 2.63. The van der Waals surface area contributed by atoms with Gasteiger partial charge < -0.3 is 5.11 Å². The van der Waals surface area contributed by atoms with Crippen LogP contribution in [0.4, 0.5) is 0 Å². The van der Waals surface area contributed by atoms with Gasteiger partial charge in [0.05, 0.1) is 4.91 Å². The first-order valence-corrected chi connectivity index (χ1v) is 8.38. The molecule has 0 aliphatic carbocycles. The van der Waals surface area contributed by atoms with Gasteiger partial charge in [0.25, 0.3) is 0 Å². The molecule has 2 aliphatic rings. The second-order valence-electron chi connectivity index (χ2n) is 5.00. The van der Waals surface area contributed by atoms with E-state index in [0.717, 1.165) is 20.9 Å². The molecule has 0 bridgehead atoms. The van der Waals surface area contributed by atoms with Crippen molar-refractivity contribution in [1.82, 2.24) is 0 Å². The molecule has 2 atom stereocenters. The van der Waals surface area contributed by atoms with Gasteiger partial charge in [0.15, 0.2) is 0 Å². The van der Waals surface area contributed by atoms with Crippen molar-refractivity contribution in [2.45, 2.75) is 21.1 Å². The van der Waals surface area contributed by atoms with Crippen molar-refractivity contribution in [3.05, 3.63) is 70.6 Å². The lowest BCUT2D eigenvalue weighted by molar-refractivity contribution is -0.423. The summed E-state index contributed by atoms with van der Waals surface area (Å²) in [5.74, 6) is 0.0411. The van der Waals surface area contributed by atoms with Crippen LogP contribution in [0.1, 0.15) is 22.0 Å². The monoisotopic (exact) mass is 311 g/mol. The lowest BCUT2D eigenvalue weighted by Gasteiger charge is -2.22. The molecule has 0 spiro atoms. The molecule has 0 N–H and O–H groups in total. The number of hydrogen-bond donors (Lipinski definition) is 0. The smallest absolute Gasteiger partial charge is 0.200 e. The van der Waals surface area contributed by atoms with E-state index in [2.05, 4.69) is 0 Å². The summed E-state index contributed by atoms with van der Waals surface area (Å²) in [4.78, 5) is 15.1. The molecule has 4 heteroatoms. The SMILES string of the molecule is O=C1/C(=C/C2Sc3ccccc3C2[O-])Sc2ccccc21. The predicted octanol–water partition coefficient (Wildman–Crippen LogP) is 3.43. The Balaban J connectivity index is 1.65. The van der Waals surface area contributed by atoms with Gasteiger partial charge in [-0.1, -0.05) is 54.3 Å². The third kappa shape index (κ3) is 2.14. The zero-order valence-corrected chi connectivity index (χ0v) is 12.6. The quantitative estimate of drug-likeness (QED) is 0.757. The molecule has 0 saturated heterocycles. The summed E-state index contributed by atoms with van der Waals surface area (Å²) >= 11 is 3.03. The van der Waals surface area contributed by atoms with Crippen LogP contribution in [0.3, 0.4) is 0 Å². The molecule has 2 aliphatic heterocycles. The van der Waals surface area contributed by atoms with E-state index >= 15 is 0 Å². The van der Waals surface area contributed by atoms with Crippen LogP contribution in [-0.4, -0.2) is 11.0 Å². The number of ketones is 1. The standard InChI is InChI=1S/C17H11O2S2/c18-16-10-5-1-3-7-12(10)20-14(16)9-15-17(19)11-6-2-4-8-13(11)21-15/h1-9,14,16H/q-1/b15-9-. The number of Topliss-reactive ketones (excluding diaryl/α,β-unsaturated/α-hetero) is 1. The second kappa shape index (κ2) is 5.05. The number of rotatable bonds is 1. The molecule has 0 aromatic heterocycles. The average molecular weight is 311 g/mol. The molecule has 4 rings (SSSR count). The van der Waals surface area contributed by atoms with Gasteiger partial charge in [0.1, 0.15) is 0 Å². The molecule has 2 unspecified atom stereocenters. The largest absolute Gasteiger partial charge is 0.847 e. The minimum Gasteiger partial charge on any atom is -0.847 e. The summed E-state index contributed by atoms with van der Waals surface area (Å²) in [5, 5.41) is 12.3. The van der Waals surface area contributed by atoms with Crippen molar-refractivity contribution in [1.29, 1.82) is 0 Å². The van der Waals surface area contributed by atoms with Crippen LogP contribution in [0.2, 0.25) is 0 Å². The number of fused-ring (bicyclic) bond motifs is 2. The topological polar surface area (TPSA) is 40.1 Å². The van der Waals surface area contributed by atoms with E-state index in [4.69, 9.17) is 0 Å². The van der Waals surface area contributed by atoms with Gasteiger partial charge >= 0.3 is 0 Å². The first-order valence-electron chi connectivity index (χ1n) is 6.69. The van der Waals surface area contributed by atoms with Gasteiger partial charge in [0, 0.05) is 20.6 Å². The lowest BCUT2D eigenvalue weighted by Crippen LogP contribution is -2.22. The highest BCUT2D eigenvalue weighted by Gasteiger charge is 2.29. The van der Waals surface area contributed by atoms with Crippen LogP contribution in [0.25, 0.3) is 0 Å². The van der Waals surface area contributed by atoms with E-state index in [9.17, 15) is 9.90 Å². The van der Waals surface area contributed by atoms with Crippen molar-refractivity contribution in [3.63, 3.8) is 0 Å². The lowest BCUT2D eigenvalue weighted by atomic mass is 10.1. The van der Waals surface area contributed by atoms with E-state index in [0.29, 0.717) is 4.91 Å². The normalized spacial score (nSPS) is 25.2. The van der Waals surface area contributed by atoms with E-state index < -0.39 is 6.10 Å². The molecular weight excluding hydrogens is 300 g/mol. The number of thioether (sulfide) groups is 2. The second-order valence-corrected chi connectivity index (χ2v) is 7.30. The van der Waals surface area contributed by atoms with Crippen LogP contribution >= 0.6 is 23.5 Å². The number of hydrogen-bond acceptors (Lipinski definition) is 4. The molecule has 0 radical (unpaired) electrons. The summed E-state index contributed by atoms with van der Waals surface area (Å²) in [6.07, 6.45) is 1.06. The Kier molecular flexibility index (Phi) is 3.17. The van der Waals surface area contributed by atoms with Crippen LogP contribution in [-0.2, 0) is 0 Å². The van der Waals surface area contributed by atoms with E-state index in [-0.39, 0.29) is 11.0 Å². The van der Waals surface area contributed by atoms with Crippen LogP contribution in [0.15, 0.2) is 69.3 Å². The van der Waals surface area contributed by atoms with Crippen molar-refractivity contribution in [2.24, 2.45) is 0 Å². The molecule has 104 valence electrons. The molecule has 0 amide bonds. The first-order chi connectivity index (χ1) is 10.2. The third-order valence-electron chi connectivity index (χ3n) is 3.68. The van der Waals surface area contributed by atoms with Crippen LogP contribution < -0.4 is 5.11 Å². The highest BCUT2D eigenvalue weighted by Crippen LogP contribution is 2.46. The fraction of sp³-hybridized carbons (Fsp3) is 0.118. The molecule has 0 saturated carbocycles. The van der Waals surface area contributed by atoms with Crippen LogP contribution in [0.5, 0.6) is 0 Å². The summed E-state index contributed by atoms with van der Waals surface area (Å²) in [6.45, 7) is 0. The highest BCUT2D eigenvalue weighted by molar-refractivity contribution is 8.05. The summed E-state index contributed by atoms with van der Waals surface area (Å²) < 4.78 is 0. The Labute approximate surface area is 131 Å². The van der Waals surface area contributed by atoms with Crippen molar-refractivity contribution >= 4 is 29.3 Å². The molecular formula is C17H11O2S2-. The molecule has 2 heterocycles. The maximum atomic E-state index is 12.5. The van der Waals surface area contributed by atoms with E-state index in [1.54, 1.807) is 11.8 Å². The van der Waals surface area contributed by atoms with Gasteiger partial charge in [-0.05, 0) is 23.8 Å². The first kappa shape index (κ1) is 13.2. The average Bonchev–Trinajstić information content (AvgIpc) is 2.99. The van der Waals surface area contributed by atoms with Gasteiger partial charge in [-0.15, -0.1) is 11.8 Å². The summed E-state index contributed by atoms with van der Waals surface area (Å²) in [6, 6.07) is 15.3. The minimum atomic E-state index is -0.796. The van der Waals surface area contributed by atoms with Crippen molar-refractivity contribution in [2.75, 3.05) is 0 Å². The number of allylic oxidation sites excluding steroid dienone is 1. The van der Waals surface area contributed by atoms with Crippen molar-refractivity contribution in [3.8, 4) is 0 Å². The van der Waals surface area contributed by atoms with Crippen LogP contribution in [0, 0.1) is 0 Å². The van der Waals surface area contributed by atoms with Crippen molar-refractivity contribution < 1.29 is 9.90 Å². The minimum absolute atomic E-state index is 0.0411. The van der Waals surface area contributed by atoms with Gasteiger partial charge in [-0.25, -0.2) is 0 Å². The molecule has 21 heavy (non-hydrogen) atoms. The Morgan fingerprint density at radius 3 is 2.48 bits per heavy atom. The zero-order chi connectivity index (χ0) is 14.4. The zero-order valence-electron chi connectivity index (χ0n) is 11.0. The van der Waals surface area contributed by atoms with Gasteiger partial charge in [0.2, 0.25) is 5.78 Å². The Morgan fingerprint density at radius 1 is 1.00 bits per heavy atom. The molecule has 2 aromatic carbocycles. The molecule has 2 aromatic rings. The predicted molar refractivity (Wildman–Crippen MR) is 83.5 cm³/mol. The van der Waals surface area contributed by atoms with E-state index in [1.165, 1.54) is 11.8 Å².